The highest BCUT2D eigenvalue weighted by molar-refractivity contribution is 5.75. The lowest BCUT2D eigenvalue weighted by Crippen LogP contribution is -2.32. The van der Waals surface area contributed by atoms with Gasteiger partial charge in [-0.1, -0.05) is 51.9 Å². The molecule has 0 aromatic heterocycles. The van der Waals surface area contributed by atoms with Gasteiger partial charge in [-0.05, 0) is 6.42 Å². The van der Waals surface area contributed by atoms with E-state index < -0.39 is 0 Å². The van der Waals surface area contributed by atoms with Crippen molar-refractivity contribution >= 4 is 5.96 Å². The highest BCUT2D eigenvalue weighted by atomic mass is 15.5. The summed E-state index contributed by atoms with van der Waals surface area (Å²) in [7, 11) is 1.73. The van der Waals surface area contributed by atoms with E-state index in [1.54, 1.807) is 12.1 Å². The molecule has 0 aromatic carbocycles. The molecule has 0 heterocycles. The summed E-state index contributed by atoms with van der Waals surface area (Å²) in [4.78, 5) is 0. The Kier molecular flexibility index (Phi) is 9.84. The Hall–Kier alpha value is -1.44. The van der Waals surface area contributed by atoms with Crippen molar-refractivity contribution in [2.45, 2.75) is 64.3 Å². The van der Waals surface area contributed by atoms with Gasteiger partial charge in [0.1, 0.15) is 6.04 Å². The predicted molar refractivity (Wildman–Crippen MR) is 75.6 cm³/mol. The minimum Gasteiger partial charge on any atom is -0.369 e. The first-order valence-electron chi connectivity index (χ1n) is 6.83. The molecule has 5 heteroatoms. The molecule has 0 radical (unpaired) electrons. The van der Waals surface area contributed by atoms with Crippen LogP contribution in [0.15, 0.2) is 5.10 Å². The molecule has 1 unspecified atom stereocenters. The monoisotopic (exact) mass is 253 g/mol. The summed E-state index contributed by atoms with van der Waals surface area (Å²) in [6.07, 6.45) is 9.53. The van der Waals surface area contributed by atoms with Crippen molar-refractivity contribution in [2.75, 3.05) is 7.05 Å². The van der Waals surface area contributed by atoms with Gasteiger partial charge in [-0.15, -0.1) is 5.10 Å². The van der Waals surface area contributed by atoms with Gasteiger partial charge in [0.15, 0.2) is 0 Å². The molecule has 104 valence electrons. The standard InChI is InChI=1S/C13H27N5/c1-3-4-5-6-7-8-9-10-12(11-14)18(2)17-13(15)16/h12H,3-10H2,1-2H3,(H4,15,16,17). The second kappa shape index (κ2) is 10.7. The van der Waals surface area contributed by atoms with Crippen molar-refractivity contribution in [2.24, 2.45) is 16.6 Å². The third kappa shape index (κ3) is 8.68. The molecule has 18 heavy (non-hydrogen) atoms. The molecule has 4 N–H and O–H groups in total. The van der Waals surface area contributed by atoms with Crippen LogP contribution < -0.4 is 11.5 Å². The minimum absolute atomic E-state index is 0.00249. The topological polar surface area (TPSA) is 91.4 Å². The minimum atomic E-state index is -0.234. The van der Waals surface area contributed by atoms with Crippen LogP contribution in [0.5, 0.6) is 0 Å². The lowest BCUT2D eigenvalue weighted by molar-refractivity contribution is 0.283. The van der Waals surface area contributed by atoms with E-state index >= 15 is 0 Å². The molecule has 0 spiro atoms. The Labute approximate surface area is 111 Å². The van der Waals surface area contributed by atoms with Crippen LogP contribution in [-0.2, 0) is 0 Å². The fourth-order valence-electron chi connectivity index (χ4n) is 1.88. The quantitative estimate of drug-likeness (QED) is 0.270. The third-order valence-corrected chi connectivity index (χ3v) is 2.95. The van der Waals surface area contributed by atoms with Crippen LogP contribution in [0.1, 0.15) is 58.3 Å². The lowest BCUT2D eigenvalue weighted by atomic mass is 10.1. The molecular formula is C13H27N5. The van der Waals surface area contributed by atoms with Gasteiger partial charge in [0, 0.05) is 7.05 Å². The number of hydrazone groups is 1. The number of hydrogen-bond acceptors (Lipinski definition) is 3. The molecule has 0 rings (SSSR count). The van der Waals surface area contributed by atoms with Crippen LogP contribution in [0.2, 0.25) is 0 Å². The summed E-state index contributed by atoms with van der Waals surface area (Å²) in [6, 6.07) is 1.99. The summed E-state index contributed by atoms with van der Waals surface area (Å²) in [5.74, 6) is -0.00249. The molecule has 0 aliphatic rings. The van der Waals surface area contributed by atoms with E-state index in [0.29, 0.717) is 0 Å². The van der Waals surface area contributed by atoms with Gasteiger partial charge in [-0.25, -0.2) is 0 Å². The molecule has 0 amide bonds. The number of rotatable bonds is 10. The summed E-state index contributed by atoms with van der Waals surface area (Å²) >= 11 is 0. The first kappa shape index (κ1) is 16.6. The Balaban J connectivity index is 3.69. The van der Waals surface area contributed by atoms with Gasteiger partial charge in [-0.2, -0.15) is 5.26 Å². The smallest absolute Gasteiger partial charge is 0.208 e. The Morgan fingerprint density at radius 3 is 2.22 bits per heavy atom. The Bertz CT molecular complexity index is 265. The van der Waals surface area contributed by atoms with Gasteiger partial charge >= 0.3 is 0 Å². The number of nitrogens with zero attached hydrogens (tertiary/aromatic N) is 3. The van der Waals surface area contributed by atoms with Gasteiger partial charge < -0.3 is 11.5 Å². The molecule has 0 aliphatic carbocycles. The van der Waals surface area contributed by atoms with Crippen molar-refractivity contribution in [3.8, 4) is 6.07 Å². The summed E-state index contributed by atoms with van der Waals surface area (Å²) in [5.41, 5.74) is 10.6. The zero-order valence-corrected chi connectivity index (χ0v) is 11.7. The van der Waals surface area contributed by atoms with E-state index in [-0.39, 0.29) is 12.0 Å². The lowest BCUT2D eigenvalue weighted by Gasteiger charge is -2.19. The first-order valence-corrected chi connectivity index (χ1v) is 6.83. The Morgan fingerprint density at radius 1 is 1.17 bits per heavy atom. The molecule has 0 saturated carbocycles. The Morgan fingerprint density at radius 2 is 1.72 bits per heavy atom. The predicted octanol–water partition coefficient (Wildman–Crippen LogP) is 2.14. The van der Waals surface area contributed by atoms with E-state index in [2.05, 4.69) is 18.1 Å². The van der Waals surface area contributed by atoms with Crippen molar-refractivity contribution in [3.05, 3.63) is 0 Å². The van der Waals surface area contributed by atoms with Gasteiger partial charge in [0.2, 0.25) is 5.96 Å². The van der Waals surface area contributed by atoms with Crippen LogP contribution in [-0.4, -0.2) is 24.1 Å². The average molecular weight is 253 g/mol. The van der Waals surface area contributed by atoms with Crippen LogP contribution in [0, 0.1) is 11.3 Å². The van der Waals surface area contributed by atoms with Crippen LogP contribution in [0.3, 0.4) is 0 Å². The SMILES string of the molecule is CCCCCCCCCC(C#N)N(C)N=C(N)N. The van der Waals surface area contributed by atoms with Gasteiger partial charge in [-0.3, -0.25) is 5.01 Å². The highest BCUT2D eigenvalue weighted by Gasteiger charge is 2.11. The normalized spacial score (nSPS) is 11.6. The second-order valence-corrected chi connectivity index (χ2v) is 4.65. The zero-order valence-electron chi connectivity index (χ0n) is 11.7. The molecular weight excluding hydrogens is 226 g/mol. The van der Waals surface area contributed by atoms with E-state index in [0.717, 1.165) is 12.8 Å². The molecule has 5 nitrogen and oxygen atoms in total. The van der Waals surface area contributed by atoms with E-state index in [1.807, 2.05) is 0 Å². The van der Waals surface area contributed by atoms with Gasteiger partial charge in [0.25, 0.3) is 0 Å². The zero-order chi connectivity index (χ0) is 13.8. The van der Waals surface area contributed by atoms with Crippen LogP contribution >= 0.6 is 0 Å². The summed E-state index contributed by atoms with van der Waals surface area (Å²) in [5, 5.41) is 14.5. The molecule has 0 bridgehead atoms. The van der Waals surface area contributed by atoms with Crippen LogP contribution in [0.25, 0.3) is 0 Å². The second-order valence-electron chi connectivity index (χ2n) is 4.65. The van der Waals surface area contributed by atoms with E-state index in [9.17, 15) is 0 Å². The fraction of sp³-hybridized carbons (Fsp3) is 0.846. The largest absolute Gasteiger partial charge is 0.369 e. The molecule has 0 aromatic rings. The summed E-state index contributed by atoms with van der Waals surface area (Å²) in [6.45, 7) is 2.22. The number of guanidine groups is 1. The molecule has 0 fully saturated rings. The fourth-order valence-corrected chi connectivity index (χ4v) is 1.88. The van der Waals surface area contributed by atoms with Gasteiger partial charge in [0.05, 0.1) is 6.07 Å². The number of nitrogens with two attached hydrogens (primary N) is 2. The maximum absolute atomic E-state index is 9.04. The maximum atomic E-state index is 9.04. The van der Waals surface area contributed by atoms with E-state index in [4.69, 9.17) is 16.7 Å². The van der Waals surface area contributed by atoms with Crippen molar-refractivity contribution < 1.29 is 0 Å². The molecule has 0 saturated heterocycles. The highest BCUT2D eigenvalue weighted by Crippen LogP contribution is 2.11. The van der Waals surface area contributed by atoms with Crippen molar-refractivity contribution in [3.63, 3.8) is 0 Å². The average Bonchev–Trinajstić information content (AvgIpc) is 2.31. The van der Waals surface area contributed by atoms with Crippen molar-refractivity contribution in [1.29, 1.82) is 5.26 Å². The molecule has 0 aliphatic heterocycles. The van der Waals surface area contributed by atoms with Crippen molar-refractivity contribution in [1.82, 2.24) is 5.01 Å². The number of nitriles is 1. The first-order chi connectivity index (χ1) is 8.61. The maximum Gasteiger partial charge on any atom is 0.208 e. The number of hydrogen-bond donors (Lipinski definition) is 2. The van der Waals surface area contributed by atoms with Crippen LogP contribution in [0.4, 0.5) is 0 Å². The number of unbranched alkanes of at least 4 members (excludes halogenated alkanes) is 6. The third-order valence-electron chi connectivity index (χ3n) is 2.95. The van der Waals surface area contributed by atoms with E-state index in [1.165, 1.54) is 38.5 Å². The summed E-state index contributed by atoms with van der Waals surface area (Å²) < 4.78 is 0. The molecule has 1 atom stereocenters.